The second-order valence-corrected chi connectivity index (χ2v) is 4.56. The van der Waals surface area contributed by atoms with Gasteiger partial charge in [-0.05, 0) is 24.6 Å². The first kappa shape index (κ1) is 16.2. The minimum atomic E-state index is -5.13. The summed E-state index contributed by atoms with van der Waals surface area (Å²) in [6, 6.07) is 4.49. The third-order valence-electron chi connectivity index (χ3n) is 3.06. The second kappa shape index (κ2) is 5.56. The van der Waals surface area contributed by atoms with Crippen LogP contribution < -0.4 is 0 Å². The highest BCUT2D eigenvalue weighted by atomic mass is 19.4. The van der Waals surface area contributed by atoms with Gasteiger partial charge in [0.25, 0.3) is 5.72 Å². The summed E-state index contributed by atoms with van der Waals surface area (Å²) >= 11 is 0. The summed E-state index contributed by atoms with van der Waals surface area (Å²) in [6.07, 6.45) is -7.52. The van der Waals surface area contributed by atoms with Crippen molar-refractivity contribution >= 4 is 11.8 Å². The molecule has 0 fully saturated rings. The van der Waals surface area contributed by atoms with Gasteiger partial charge in [0.15, 0.2) is 0 Å². The predicted octanol–water partition coefficient (Wildman–Crippen LogP) is 2.64. The fraction of sp³-hybridized carbons (Fsp3) is 0.385. The molecular weight excluding hydrogens is 308 g/mol. The number of rotatable bonds is 2. The van der Waals surface area contributed by atoms with Gasteiger partial charge in [0, 0.05) is 0 Å². The number of amides is 1. The first-order valence-corrected chi connectivity index (χ1v) is 6.28. The molecule has 1 unspecified atom stereocenters. The molecule has 120 valence electrons. The van der Waals surface area contributed by atoms with E-state index in [0.29, 0.717) is 0 Å². The number of alkyl halides is 3. The summed E-state index contributed by atoms with van der Waals surface area (Å²) in [5.74, 6) is -0.573. The molecule has 0 saturated carbocycles. The van der Waals surface area contributed by atoms with Crippen LogP contribution in [-0.2, 0) is 4.74 Å². The fourth-order valence-electron chi connectivity index (χ4n) is 1.95. The van der Waals surface area contributed by atoms with Crippen molar-refractivity contribution in [3.05, 3.63) is 35.6 Å². The number of nitrogens with zero attached hydrogens (tertiary/aromatic N) is 2. The molecule has 1 aliphatic rings. The fourth-order valence-corrected chi connectivity index (χ4v) is 1.95. The largest absolute Gasteiger partial charge is 0.448 e. The number of ether oxygens (including phenoxy) is 1. The zero-order valence-electron chi connectivity index (χ0n) is 11.4. The average Bonchev–Trinajstić information content (AvgIpc) is 2.79. The van der Waals surface area contributed by atoms with Gasteiger partial charge in [0.05, 0.1) is 18.7 Å². The third kappa shape index (κ3) is 2.76. The standard InChI is InChI=1S/C13H12F4N2O3/c1-2-22-11(20)19-12(21,13(15,16)17)7-10(18-19)8-3-5-9(14)6-4-8/h3-6,21H,2,7H2,1H3. The van der Waals surface area contributed by atoms with Gasteiger partial charge in [-0.3, -0.25) is 0 Å². The van der Waals surface area contributed by atoms with Gasteiger partial charge in [-0.1, -0.05) is 12.1 Å². The first-order chi connectivity index (χ1) is 10.2. The molecule has 5 nitrogen and oxygen atoms in total. The summed E-state index contributed by atoms with van der Waals surface area (Å²) in [6.45, 7) is 1.23. The van der Waals surface area contributed by atoms with Crippen LogP contribution in [0.5, 0.6) is 0 Å². The Hall–Kier alpha value is -2.16. The Morgan fingerprint density at radius 1 is 1.41 bits per heavy atom. The lowest BCUT2D eigenvalue weighted by atomic mass is 10.0. The van der Waals surface area contributed by atoms with Crippen molar-refractivity contribution < 1.29 is 32.2 Å². The molecule has 1 N–H and O–H groups in total. The maximum atomic E-state index is 13.1. The number of hydrogen-bond donors (Lipinski definition) is 1. The molecule has 1 amide bonds. The zero-order valence-corrected chi connectivity index (χ0v) is 11.4. The monoisotopic (exact) mass is 320 g/mol. The van der Waals surface area contributed by atoms with E-state index in [1.807, 2.05) is 0 Å². The van der Waals surface area contributed by atoms with Crippen LogP contribution in [0.3, 0.4) is 0 Å². The SMILES string of the molecule is CCOC(=O)N1N=C(c2ccc(F)cc2)CC1(O)C(F)(F)F. The summed E-state index contributed by atoms with van der Waals surface area (Å²) < 4.78 is 56.7. The number of aliphatic hydroxyl groups is 1. The van der Waals surface area contributed by atoms with Gasteiger partial charge < -0.3 is 9.84 Å². The van der Waals surface area contributed by atoms with Crippen molar-refractivity contribution in [2.75, 3.05) is 6.61 Å². The lowest BCUT2D eigenvalue weighted by molar-refractivity contribution is -0.299. The molecule has 0 aromatic heterocycles. The van der Waals surface area contributed by atoms with E-state index in [1.165, 1.54) is 19.1 Å². The number of hydrogen-bond acceptors (Lipinski definition) is 4. The van der Waals surface area contributed by atoms with E-state index in [4.69, 9.17) is 0 Å². The molecule has 1 aromatic rings. The minimum absolute atomic E-state index is 0.130. The Bertz CT molecular complexity index is 600. The summed E-state index contributed by atoms with van der Waals surface area (Å²) in [5.41, 5.74) is -3.54. The van der Waals surface area contributed by atoms with Crippen LogP contribution in [0.25, 0.3) is 0 Å². The van der Waals surface area contributed by atoms with E-state index < -0.39 is 30.2 Å². The molecule has 0 bridgehead atoms. The highest BCUT2D eigenvalue weighted by Crippen LogP contribution is 2.41. The van der Waals surface area contributed by atoms with Gasteiger partial charge in [-0.25, -0.2) is 9.18 Å². The van der Waals surface area contributed by atoms with Crippen LogP contribution >= 0.6 is 0 Å². The van der Waals surface area contributed by atoms with Crippen LogP contribution in [-0.4, -0.2) is 40.4 Å². The number of carbonyl (C=O) groups is 1. The van der Waals surface area contributed by atoms with Crippen LogP contribution in [0.4, 0.5) is 22.4 Å². The average molecular weight is 320 g/mol. The number of halogens is 4. The zero-order chi connectivity index (χ0) is 16.5. The molecule has 2 rings (SSSR count). The van der Waals surface area contributed by atoms with E-state index >= 15 is 0 Å². The molecule has 0 saturated heterocycles. The van der Waals surface area contributed by atoms with Crippen molar-refractivity contribution in [2.45, 2.75) is 25.2 Å². The van der Waals surface area contributed by atoms with Crippen LogP contribution in [0.15, 0.2) is 29.4 Å². The van der Waals surface area contributed by atoms with Gasteiger partial charge in [-0.2, -0.15) is 23.3 Å². The summed E-state index contributed by atoms with van der Waals surface area (Å²) in [4.78, 5) is 11.6. The van der Waals surface area contributed by atoms with Crippen molar-refractivity contribution in [3.63, 3.8) is 0 Å². The lowest BCUT2D eigenvalue weighted by Gasteiger charge is -2.31. The number of benzene rings is 1. The molecule has 0 aliphatic carbocycles. The van der Waals surface area contributed by atoms with Crippen LogP contribution in [0, 0.1) is 5.82 Å². The first-order valence-electron chi connectivity index (χ1n) is 6.28. The predicted molar refractivity (Wildman–Crippen MR) is 67.4 cm³/mol. The minimum Gasteiger partial charge on any atom is -0.448 e. The maximum absolute atomic E-state index is 13.1. The van der Waals surface area contributed by atoms with E-state index in [9.17, 15) is 27.5 Å². The summed E-state index contributed by atoms with van der Waals surface area (Å²) in [7, 11) is 0. The normalized spacial score (nSPS) is 21.7. The van der Waals surface area contributed by atoms with Gasteiger partial charge in [0.2, 0.25) is 0 Å². The number of carbonyl (C=O) groups excluding carboxylic acids is 1. The Labute approximate surface area is 122 Å². The topological polar surface area (TPSA) is 62.1 Å². The molecule has 22 heavy (non-hydrogen) atoms. The quantitative estimate of drug-likeness (QED) is 0.852. The van der Waals surface area contributed by atoms with Crippen molar-refractivity contribution in [3.8, 4) is 0 Å². The second-order valence-electron chi connectivity index (χ2n) is 4.56. The molecule has 0 spiro atoms. The Kier molecular flexibility index (Phi) is 4.10. The van der Waals surface area contributed by atoms with Crippen molar-refractivity contribution in [1.82, 2.24) is 5.01 Å². The Morgan fingerprint density at radius 3 is 2.50 bits per heavy atom. The highest BCUT2D eigenvalue weighted by Gasteiger charge is 2.64. The molecule has 0 radical (unpaired) electrons. The maximum Gasteiger partial charge on any atom is 0.439 e. The Morgan fingerprint density at radius 2 is 2.00 bits per heavy atom. The number of hydrazone groups is 1. The van der Waals surface area contributed by atoms with Gasteiger partial charge in [-0.15, -0.1) is 0 Å². The van der Waals surface area contributed by atoms with Gasteiger partial charge >= 0.3 is 12.3 Å². The van der Waals surface area contributed by atoms with Crippen LogP contribution in [0.2, 0.25) is 0 Å². The molecule has 1 aliphatic heterocycles. The van der Waals surface area contributed by atoms with Crippen molar-refractivity contribution in [2.24, 2.45) is 5.10 Å². The molecule has 1 heterocycles. The molecule has 1 aromatic carbocycles. The lowest BCUT2D eigenvalue weighted by Crippen LogP contribution is -2.56. The van der Waals surface area contributed by atoms with Crippen molar-refractivity contribution in [1.29, 1.82) is 0 Å². The third-order valence-corrected chi connectivity index (χ3v) is 3.06. The van der Waals surface area contributed by atoms with Gasteiger partial charge in [0.1, 0.15) is 5.82 Å². The van der Waals surface area contributed by atoms with E-state index in [1.54, 1.807) is 0 Å². The van der Waals surface area contributed by atoms with E-state index in [-0.39, 0.29) is 22.9 Å². The summed E-state index contributed by atoms with van der Waals surface area (Å²) in [5, 5.41) is 13.3. The highest BCUT2D eigenvalue weighted by molar-refractivity contribution is 6.03. The Balaban J connectivity index is 2.40. The van der Waals surface area contributed by atoms with Crippen LogP contribution in [0.1, 0.15) is 18.9 Å². The van der Waals surface area contributed by atoms with E-state index in [0.717, 1.165) is 12.1 Å². The smallest absolute Gasteiger partial charge is 0.439 e. The molecular formula is C13H12F4N2O3. The molecule has 1 atom stereocenters. The molecule has 9 heteroatoms. The van der Waals surface area contributed by atoms with E-state index in [2.05, 4.69) is 9.84 Å².